The van der Waals surface area contributed by atoms with Crippen LogP contribution in [0.15, 0.2) is 24.3 Å². The van der Waals surface area contributed by atoms with Crippen molar-refractivity contribution in [2.45, 2.75) is 33.1 Å². The Morgan fingerprint density at radius 1 is 1.35 bits per heavy atom. The highest BCUT2D eigenvalue weighted by Crippen LogP contribution is 2.13. The first-order valence-electron chi connectivity index (χ1n) is 7.25. The minimum Gasteiger partial charge on any atom is -0.494 e. The van der Waals surface area contributed by atoms with Gasteiger partial charge in [0, 0.05) is 19.5 Å². The molecule has 20 heavy (non-hydrogen) atoms. The topological polar surface area (TPSA) is 49.8 Å². The number of ether oxygens (including phenoxy) is 1. The number of aliphatic hydroxyl groups excluding tert-OH is 1. The fraction of sp³-hybridized carbons (Fsp3) is 0.562. The van der Waals surface area contributed by atoms with E-state index in [-0.39, 0.29) is 12.5 Å². The molecule has 0 radical (unpaired) electrons. The van der Waals surface area contributed by atoms with Gasteiger partial charge >= 0.3 is 0 Å². The lowest BCUT2D eigenvalue weighted by molar-refractivity contribution is -0.131. The summed E-state index contributed by atoms with van der Waals surface area (Å²) in [7, 11) is 0. The van der Waals surface area contributed by atoms with Gasteiger partial charge in [0.15, 0.2) is 0 Å². The van der Waals surface area contributed by atoms with E-state index in [0.717, 1.165) is 18.6 Å². The van der Waals surface area contributed by atoms with Gasteiger partial charge < -0.3 is 14.7 Å². The number of carbonyl (C=O) groups excluding carboxylic acids is 1. The summed E-state index contributed by atoms with van der Waals surface area (Å²) in [5, 5.41) is 8.86. The molecular formula is C16H25NO3. The Kier molecular flexibility index (Phi) is 7.73. The molecule has 0 aliphatic heterocycles. The van der Waals surface area contributed by atoms with E-state index in [1.807, 2.05) is 38.1 Å². The summed E-state index contributed by atoms with van der Waals surface area (Å²) in [4.78, 5) is 13.5. The van der Waals surface area contributed by atoms with Gasteiger partial charge in [0.05, 0.1) is 13.2 Å². The molecule has 1 amide bonds. The molecule has 0 saturated heterocycles. The summed E-state index contributed by atoms with van der Waals surface area (Å²) in [6, 6.07) is 7.96. The number of unbranched alkanes of at least 4 members (excludes halogenated alkanes) is 1. The molecule has 1 rings (SSSR count). The van der Waals surface area contributed by atoms with Gasteiger partial charge in [0.2, 0.25) is 5.91 Å². The van der Waals surface area contributed by atoms with Gasteiger partial charge in [0.25, 0.3) is 0 Å². The fourth-order valence-corrected chi connectivity index (χ4v) is 2.01. The fourth-order valence-electron chi connectivity index (χ4n) is 2.01. The van der Waals surface area contributed by atoms with Crippen molar-refractivity contribution in [1.82, 2.24) is 4.90 Å². The van der Waals surface area contributed by atoms with Gasteiger partial charge in [-0.15, -0.1) is 0 Å². The van der Waals surface area contributed by atoms with Crippen LogP contribution in [-0.2, 0) is 4.79 Å². The maximum absolute atomic E-state index is 11.8. The minimum atomic E-state index is 0.0239. The highest BCUT2D eigenvalue weighted by molar-refractivity contribution is 5.76. The predicted octanol–water partition coefficient (Wildman–Crippen LogP) is 2.38. The first kappa shape index (κ1) is 16.5. The molecule has 0 saturated carbocycles. The van der Waals surface area contributed by atoms with Gasteiger partial charge in [0.1, 0.15) is 5.75 Å². The van der Waals surface area contributed by atoms with Crippen LogP contribution in [0.2, 0.25) is 0 Å². The van der Waals surface area contributed by atoms with E-state index < -0.39 is 0 Å². The number of aryl methyl sites for hydroxylation is 1. The highest BCUT2D eigenvalue weighted by Gasteiger charge is 2.09. The van der Waals surface area contributed by atoms with Crippen molar-refractivity contribution in [1.29, 1.82) is 0 Å². The maximum atomic E-state index is 11.8. The van der Waals surface area contributed by atoms with E-state index >= 15 is 0 Å². The summed E-state index contributed by atoms with van der Waals surface area (Å²) < 4.78 is 5.64. The van der Waals surface area contributed by atoms with Crippen LogP contribution >= 0.6 is 0 Å². The molecule has 0 unspecified atom stereocenters. The van der Waals surface area contributed by atoms with Crippen LogP contribution in [0.1, 0.15) is 31.7 Å². The molecule has 0 aromatic heterocycles. The Morgan fingerprint density at radius 2 is 2.15 bits per heavy atom. The normalized spacial score (nSPS) is 10.3. The second-order valence-corrected chi connectivity index (χ2v) is 4.82. The van der Waals surface area contributed by atoms with Crippen LogP contribution in [0.4, 0.5) is 0 Å². The van der Waals surface area contributed by atoms with Crippen LogP contribution in [-0.4, -0.2) is 42.2 Å². The number of benzene rings is 1. The summed E-state index contributed by atoms with van der Waals surface area (Å²) in [5.41, 5.74) is 1.18. The lowest BCUT2D eigenvalue weighted by Crippen LogP contribution is -2.33. The molecule has 0 aliphatic rings. The van der Waals surface area contributed by atoms with Crippen molar-refractivity contribution in [2.75, 3.05) is 26.3 Å². The van der Waals surface area contributed by atoms with Crippen LogP contribution in [0.3, 0.4) is 0 Å². The standard InChI is InChI=1S/C16H25NO3/c1-3-17(10-11-18)16(19)9-4-5-12-20-15-8-6-7-14(2)13-15/h6-8,13,18H,3-5,9-12H2,1-2H3. The van der Waals surface area contributed by atoms with Crippen molar-refractivity contribution >= 4 is 5.91 Å². The van der Waals surface area contributed by atoms with E-state index in [1.54, 1.807) is 4.90 Å². The number of hydrogen-bond donors (Lipinski definition) is 1. The summed E-state index contributed by atoms with van der Waals surface area (Å²) in [6.45, 7) is 5.69. The first-order valence-corrected chi connectivity index (χ1v) is 7.25. The SMILES string of the molecule is CCN(CCO)C(=O)CCCCOc1cccc(C)c1. The zero-order valence-electron chi connectivity index (χ0n) is 12.5. The third-order valence-electron chi connectivity index (χ3n) is 3.15. The minimum absolute atomic E-state index is 0.0239. The van der Waals surface area contributed by atoms with Gasteiger partial charge in [-0.25, -0.2) is 0 Å². The number of aliphatic hydroxyl groups is 1. The highest BCUT2D eigenvalue weighted by atomic mass is 16.5. The molecule has 4 heteroatoms. The molecule has 0 bridgehead atoms. The number of likely N-dealkylation sites (N-methyl/N-ethyl adjacent to an activating group) is 1. The van der Waals surface area contributed by atoms with Gasteiger partial charge in [-0.2, -0.15) is 0 Å². The van der Waals surface area contributed by atoms with E-state index in [1.165, 1.54) is 5.56 Å². The lowest BCUT2D eigenvalue weighted by atomic mass is 10.2. The number of carbonyl (C=O) groups is 1. The van der Waals surface area contributed by atoms with E-state index in [2.05, 4.69) is 0 Å². The largest absolute Gasteiger partial charge is 0.494 e. The molecule has 0 fully saturated rings. The molecule has 0 aliphatic carbocycles. The molecule has 112 valence electrons. The Labute approximate surface area is 121 Å². The van der Waals surface area contributed by atoms with E-state index in [4.69, 9.17) is 9.84 Å². The molecular weight excluding hydrogens is 254 g/mol. The average Bonchev–Trinajstić information content (AvgIpc) is 2.44. The van der Waals surface area contributed by atoms with Crippen LogP contribution < -0.4 is 4.74 Å². The van der Waals surface area contributed by atoms with Crippen molar-refractivity contribution in [3.05, 3.63) is 29.8 Å². The third kappa shape index (κ3) is 6.06. The van der Waals surface area contributed by atoms with Crippen LogP contribution in [0, 0.1) is 6.92 Å². The number of hydrogen-bond acceptors (Lipinski definition) is 3. The van der Waals surface area contributed by atoms with Crippen LogP contribution in [0.25, 0.3) is 0 Å². The monoisotopic (exact) mass is 279 g/mol. The predicted molar refractivity (Wildman–Crippen MR) is 79.9 cm³/mol. The molecule has 1 aromatic rings. The second-order valence-electron chi connectivity index (χ2n) is 4.82. The first-order chi connectivity index (χ1) is 9.67. The smallest absolute Gasteiger partial charge is 0.222 e. The molecule has 1 N–H and O–H groups in total. The van der Waals surface area contributed by atoms with E-state index in [9.17, 15) is 4.79 Å². The van der Waals surface area contributed by atoms with E-state index in [0.29, 0.717) is 26.1 Å². The molecule has 0 heterocycles. The van der Waals surface area contributed by atoms with Gasteiger partial charge in [-0.05, 0) is 44.4 Å². The average molecular weight is 279 g/mol. The third-order valence-corrected chi connectivity index (χ3v) is 3.15. The molecule has 0 spiro atoms. The van der Waals surface area contributed by atoms with Gasteiger partial charge in [-0.1, -0.05) is 12.1 Å². The van der Waals surface area contributed by atoms with Crippen molar-refractivity contribution in [2.24, 2.45) is 0 Å². The number of rotatable bonds is 9. The van der Waals surface area contributed by atoms with Crippen LogP contribution in [0.5, 0.6) is 5.75 Å². The summed E-state index contributed by atoms with van der Waals surface area (Å²) in [5.74, 6) is 0.990. The molecule has 0 atom stereocenters. The zero-order valence-corrected chi connectivity index (χ0v) is 12.5. The van der Waals surface area contributed by atoms with Crippen molar-refractivity contribution < 1.29 is 14.6 Å². The Balaban J connectivity index is 2.17. The quantitative estimate of drug-likeness (QED) is 0.706. The van der Waals surface area contributed by atoms with Crippen molar-refractivity contribution in [3.63, 3.8) is 0 Å². The lowest BCUT2D eigenvalue weighted by Gasteiger charge is -2.19. The van der Waals surface area contributed by atoms with Gasteiger partial charge in [-0.3, -0.25) is 4.79 Å². The Hall–Kier alpha value is -1.55. The maximum Gasteiger partial charge on any atom is 0.222 e. The number of nitrogens with zero attached hydrogens (tertiary/aromatic N) is 1. The van der Waals surface area contributed by atoms with Crippen molar-refractivity contribution in [3.8, 4) is 5.75 Å². The molecule has 4 nitrogen and oxygen atoms in total. The Morgan fingerprint density at radius 3 is 2.80 bits per heavy atom. The summed E-state index contributed by atoms with van der Waals surface area (Å²) in [6.07, 6.45) is 2.19. The number of amides is 1. The Bertz CT molecular complexity index is 406. The zero-order chi connectivity index (χ0) is 14.8. The summed E-state index contributed by atoms with van der Waals surface area (Å²) >= 11 is 0. The second kappa shape index (κ2) is 9.37. The molecule has 1 aromatic carbocycles.